The standard InChI is InChI=1S/C21H16N2O4S/c1-12-16(21(25)26-2)17(20-22-14-10-6-7-11-15(14)28-20)19(27-12)23-18(24)13-8-4-3-5-9-13/h3-11H,1-2H3,(H,23,24). The molecule has 0 saturated heterocycles. The molecule has 1 N–H and O–H groups in total. The highest BCUT2D eigenvalue weighted by Gasteiger charge is 2.28. The molecule has 6 nitrogen and oxygen atoms in total. The number of nitrogens with one attached hydrogen (secondary N) is 1. The van der Waals surface area contributed by atoms with E-state index in [4.69, 9.17) is 9.15 Å². The molecule has 28 heavy (non-hydrogen) atoms. The number of hydrogen-bond acceptors (Lipinski definition) is 6. The molecule has 0 atom stereocenters. The number of anilines is 1. The third-order valence-electron chi connectivity index (χ3n) is 4.24. The van der Waals surface area contributed by atoms with Gasteiger partial charge in [0.05, 0.1) is 22.9 Å². The van der Waals surface area contributed by atoms with Gasteiger partial charge in [-0.15, -0.1) is 11.3 Å². The number of aryl methyl sites for hydroxylation is 1. The second kappa shape index (κ2) is 7.28. The normalized spacial score (nSPS) is 10.8. The van der Waals surface area contributed by atoms with Crippen molar-refractivity contribution in [3.63, 3.8) is 0 Å². The van der Waals surface area contributed by atoms with Gasteiger partial charge in [0.2, 0.25) is 5.88 Å². The Hall–Kier alpha value is -3.45. The molecule has 0 aliphatic heterocycles. The summed E-state index contributed by atoms with van der Waals surface area (Å²) in [5.41, 5.74) is 1.96. The zero-order valence-corrected chi connectivity index (χ0v) is 16.0. The van der Waals surface area contributed by atoms with E-state index in [-0.39, 0.29) is 17.4 Å². The summed E-state index contributed by atoms with van der Waals surface area (Å²) in [5, 5.41) is 3.33. The van der Waals surface area contributed by atoms with E-state index in [1.54, 1.807) is 31.2 Å². The quantitative estimate of drug-likeness (QED) is 0.499. The van der Waals surface area contributed by atoms with E-state index in [1.165, 1.54) is 18.4 Å². The summed E-state index contributed by atoms with van der Waals surface area (Å²) in [6, 6.07) is 16.4. The maximum atomic E-state index is 12.6. The Morgan fingerprint density at radius 3 is 2.50 bits per heavy atom. The summed E-state index contributed by atoms with van der Waals surface area (Å²) in [6.07, 6.45) is 0. The molecule has 0 aliphatic rings. The molecule has 0 bridgehead atoms. The van der Waals surface area contributed by atoms with Gasteiger partial charge in [0, 0.05) is 5.56 Å². The molecular weight excluding hydrogens is 376 g/mol. The highest BCUT2D eigenvalue weighted by Crippen LogP contribution is 2.40. The zero-order valence-electron chi connectivity index (χ0n) is 15.2. The van der Waals surface area contributed by atoms with Crippen molar-refractivity contribution in [2.45, 2.75) is 6.92 Å². The molecule has 4 aromatic rings. The third kappa shape index (κ3) is 3.16. The van der Waals surface area contributed by atoms with Gasteiger partial charge in [-0.25, -0.2) is 9.78 Å². The second-order valence-corrected chi connectivity index (χ2v) is 7.07. The SMILES string of the molecule is COC(=O)c1c(C)oc(NC(=O)c2ccccc2)c1-c1nc2ccccc2s1. The maximum Gasteiger partial charge on any atom is 0.342 e. The first-order valence-electron chi connectivity index (χ1n) is 8.52. The summed E-state index contributed by atoms with van der Waals surface area (Å²) in [7, 11) is 1.30. The number of ether oxygens (including phenoxy) is 1. The topological polar surface area (TPSA) is 81.4 Å². The number of esters is 1. The van der Waals surface area contributed by atoms with E-state index in [0.29, 0.717) is 21.9 Å². The number of thiazole rings is 1. The number of benzene rings is 2. The minimum atomic E-state index is -0.546. The predicted octanol–water partition coefficient (Wildman–Crippen LogP) is 4.90. The fraction of sp³-hybridized carbons (Fsp3) is 0.0952. The first-order chi connectivity index (χ1) is 13.6. The van der Waals surface area contributed by atoms with Gasteiger partial charge in [0.25, 0.3) is 5.91 Å². The predicted molar refractivity (Wildman–Crippen MR) is 108 cm³/mol. The monoisotopic (exact) mass is 392 g/mol. The van der Waals surface area contributed by atoms with Gasteiger partial charge >= 0.3 is 5.97 Å². The number of nitrogens with zero attached hydrogens (tertiary/aromatic N) is 1. The van der Waals surface area contributed by atoms with E-state index < -0.39 is 5.97 Å². The van der Waals surface area contributed by atoms with Crippen molar-refractivity contribution < 1.29 is 18.7 Å². The van der Waals surface area contributed by atoms with Gasteiger partial charge < -0.3 is 9.15 Å². The molecule has 2 aromatic carbocycles. The lowest BCUT2D eigenvalue weighted by atomic mass is 10.1. The molecule has 4 rings (SSSR count). The summed E-state index contributed by atoms with van der Waals surface area (Å²) < 4.78 is 11.6. The van der Waals surface area contributed by atoms with Gasteiger partial charge in [-0.05, 0) is 31.2 Å². The van der Waals surface area contributed by atoms with Crippen LogP contribution in [0, 0.1) is 6.92 Å². The molecule has 0 fully saturated rings. The van der Waals surface area contributed by atoms with E-state index in [0.717, 1.165) is 10.2 Å². The molecule has 0 radical (unpaired) electrons. The molecule has 1 amide bonds. The van der Waals surface area contributed by atoms with Crippen molar-refractivity contribution in [1.29, 1.82) is 0 Å². The van der Waals surface area contributed by atoms with Crippen molar-refractivity contribution in [1.82, 2.24) is 4.98 Å². The summed E-state index contributed by atoms with van der Waals surface area (Å²) in [5.74, 6) is -0.362. The maximum absolute atomic E-state index is 12.6. The third-order valence-corrected chi connectivity index (χ3v) is 5.30. The van der Waals surface area contributed by atoms with Crippen LogP contribution in [-0.2, 0) is 4.74 Å². The van der Waals surface area contributed by atoms with Crippen molar-refractivity contribution in [2.24, 2.45) is 0 Å². The molecular formula is C21H16N2O4S. The van der Waals surface area contributed by atoms with Crippen LogP contribution in [0.5, 0.6) is 0 Å². The van der Waals surface area contributed by atoms with Crippen molar-refractivity contribution >= 4 is 39.3 Å². The lowest BCUT2D eigenvalue weighted by Gasteiger charge is -2.05. The van der Waals surface area contributed by atoms with Crippen molar-refractivity contribution in [3.05, 3.63) is 71.5 Å². The van der Waals surface area contributed by atoms with E-state index in [1.807, 2.05) is 30.3 Å². The van der Waals surface area contributed by atoms with Crippen LogP contribution in [0.3, 0.4) is 0 Å². The molecule has 0 aliphatic carbocycles. The summed E-state index contributed by atoms with van der Waals surface area (Å²) in [4.78, 5) is 29.6. The zero-order chi connectivity index (χ0) is 19.7. The van der Waals surface area contributed by atoms with Crippen molar-refractivity contribution in [3.8, 4) is 10.6 Å². The number of hydrogen-bond donors (Lipinski definition) is 1. The van der Waals surface area contributed by atoms with Crippen LogP contribution < -0.4 is 5.32 Å². The van der Waals surface area contributed by atoms with Crippen LogP contribution in [0.1, 0.15) is 26.5 Å². The van der Waals surface area contributed by atoms with Gasteiger partial charge in [-0.3, -0.25) is 10.1 Å². The Kier molecular flexibility index (Phi) is 4.67. The average Bonchev–Trinajstić information content (AvgIpc) is 3.28. The minimum Gasteiger partial charge on any atom is -0.465 e. The molecule has 7 heteroatoms. The van der Waals surface area contributed by atoms with Gasteiger partial charge in [-0.2, -0.15) is 0 Å². The van der Waals surface area contributed by atoms with Gasteiger partial charge in [0.1, 0.15) is 16.3 Å². The number of furan rings is 1. The summed E-state index contributed by atoms with van der Waals surface area (Å²) >= 11 is 1.41. The number of carbonyl (C=O) groups is 2. The highest BCUT2D eigenvalue weighted by molar-refractivity contribution is 7.21. The minimum absolute atomic E-state index is 0.172. The molecule has 140 valence electrons. The fourth-order valence-corrected chi connectivity index (χ4v) is 3.94. The molecule has 0 spiro atoms. The fourth-order valence-electron chi connectivity index (χ4n) is 2.93. The summed E-state index contributed by atoms with van der Waals surface area (Å²) in [6.45, 7) is 1.65. The van der Waals surface area contributed by atoms with E-state index in [2.05, 4.69) is 10.3 Å². The second-order valence-electron chi connectivity index (χ2n) is 6.04. The number of aromatic nitrogens is 1. The number of methoxy groups -OCH3 is 1. The Morgan fingerprint density at radius 1 is 1.07 bits per heavy atom. The number of rotatable bonds is 4. The van der Waals surface area contributed by atoms with Crippen LogP contribution in [0.15, 0.2) is 59.0 Å². The number of amides is 1. The molecule has 0 saturated carbocycles. The van der Waals surface area contributed by atoms with Crippen LogP contribution in [-0.4, -0.2) is 24.0 Å². The molecule has 0 unspecified atom stereocenters. The number of para-hydroxylation sites is 1. The van der Waals surface area contributed by atoms with Gasteiger partial charge in [-0.1, -0.05) is 30.3 Å². The smallest absolute Gasteiger partial charge is 0.342 e. The average molecular weight is 392 g/mol. The first kappa shape index (κ1) is 17.9. The lowest BCUT2D eigenvalue weighted by Crippen LogP contribution is -2.12. The Balaban J connectivity index is 1.84. The number of fused-ring (bicyclic) bond motifs is 1. The molecule has 2 heterocycles. The van der Waals surface area contributed by atoms with E-state index >= 15 is 0 Å². The lowest BCUT2D eigenvalue weighted by molar-refractivity contribution is 0.0599. The largest absolute Gasteiger partial charge is 0.465 e. The number of carbonyl (C=O) groups excluding carboxylic acids is 2. The van der Waals surface area contributed by atoms with Crippen molar-refractivity contribution in [2.75, 3.05) is 12.4 Å². The molecule has 2 aromatic heterocycles. The Bertz CT molecular complexity index is 1140. The van der Waals surface area contributed by atoms with E-state index in [9.17, 15) is 9.59 Å². The van der Waals surface area contributed by atoms with Crippen LogP contribution >= 0.6 is 11.3 Å². The van der Waals surface area contributed by atoms with Crippen LogP contribution in [0.2, 0.25) is 0 Å². The first-order valence-corrected chi connectivity index (χ1v) is 9.34. The Morgan fingerprint density at radius 2 is 1.79 bits per heavy atom. The van der Waals surface area contributed by atoms with Crippen LogP contribution in [0.4, 0.5) is 5.88 Å². The van der Waals surface area contributed by atoms with Crippen LogP contribution in [0.25, 0.3) is 20.8 Å². The van der Waals surface area contributed by atoms with Gasteiger partial charge in [0.15, 0.2) is 0 Å². The Labute approximate surface area is 164 Å². The highest BCUT2D eigenvalue weighted by atomic mass is 32.1.